The number of aromatic hydroxyl groups is 2. The van der Waals surface area contributed by atoms with Gasteiger partial charge in [0.2, 0.25) is 11.7 Å². The summed E-state index contributed by atoms with van der Waals surface area (Å²) in [4.78, 5) is 4.07. The predicted molar refractivity (Wildman–Crippen MR) is 63.4 cm³/mol. The Bertz CT molecular complexity index is 568. The fourth-order valence-corrected chi connectivity index (χ4v) is 2.16. The van der Waals surface area contributed by atoms with Crippen molar-refractivity contribution in [3.63, 3.8) is 0 Å². The Labute approximate surface area is 105 Å². The Balaban J connectivity index is 2.62. The lowest BCUT2D eigenvalue weighted by Gasteiger charge is -2.07. The molecule has 0 fully saturated rings. The number of nitrogens with zero attached hydrogens (tertiary/aromatic N) is 2. The smallest absolute Gasteiger partial charge is 0.240 e. The topological polar surface area (TPSA) is 105 Å². The van der Waals surface area contributed by atoms with Gasteiger partial charge in [0, 0.05) is 5.56 Å². The molecule has 0 unspecified atom stereocenters. The molecule has 0 bridgehead atoms. The van der Waals surface area contributed by atoms with E-state index in [2.05, 4.69) is 26.1 Å². The molecule has 6 nitrogen and oxygen atoms in total. The summed E-state index contributed by atoms with van der Waals surface area (Å²) >= 11 is 3.19. The van der Waals surface area contributed by atoms with Crippen LogP contribution in [0.25, 0.3) is 11.4 Å². The zero-order valence-corrected chi connectivity index (χ0v) is 10.5. The fourth-order valence-electron chi connectivity index (χ4n) is 1.46. The third kappa shape index (κ3) is 1.98. The summed E-state index contributed by atoms with van der Waals surface area (Å²) in [6, 6.07) is 1.42. The van der Waals surface area contributed by atoms with Crippen LogP contribution >= 0.6 is 15.9 Å². The molecule has 0 aliphatic carbocycles. The lowest BCUT2D eigenvalue weighted by molar-refractivity contribution is 0.380. The number of halogens is 1. The van der Waals surface area contributed by atoms with Crippen molar-refractivity contribution in [1.29, 1.82) is 0 Å². The molecule has 0 atom stereocenters. The predicted octanol–water partition coefficient (Wildman–Crippen LogP) is 1.68. The van der Waals surface area contributed by atoms with E-state index in [1.54, 1.807) is 6.92 Å². The minimum absolute atomic E-state index is 0.147. The largest absolute Gasteiger partial charge is 0.504 e. The molecule has 1 aromatic heterocycles. The van der Waals surface area contributed by atoms with Gasteiger partial charge in [-0.2, -0.15) is 4.98 Å². The van der Waals surface area contributed by atoms with E-state index in [9.17, 15) is 10.2 Å². The molecule has 0 aliphatic rings. The molecule has 7 heteroatoms. The third-order valence-electron chi connectivity index (χ3n) is 2.28. The summed E-state index contributed by atoms with van der Waals surface area (Å²) in [6.07, 6.45) is 0. The molecule has 17 heavy (non-hydrogen) atoms. The average molecular weight is 300 g/mol. The minimum atomic E-state index is -0.260. The van der Waals surface area contributed by atoms with Crippen molar-refractivity contribution in [3.8, 4) is 22.9 Å². The van der Waals surface area contributed by atoms with E-state index in [0.717, 1.165) is 0 Å². The molecule has 0 saturated carbocycles. The first-order chi connectivity index (χ1) is 8.04. The first-order valence-electron chi connectivity index (χ1n) is 4.78. The van der Waals surface area contributed by atoms with Crippen LogP contribution in [0.4, 0.5) is 0 Å². The number of rotatable bonds is 2. The first kappa shape index (κ1) is 11.9. The molecule has 0 amide bonds. The van der Waals surface area contributed by atoms with Crippen LogP contribution in [-0.4, -0.2) is 20.4 Å². The number of hydrogen-bond acceptors (Lipinski definition) is 6. The first-order valence-corrected chi connectivity index (χ1v) is 5.58. The molecular weight excluding hydrogens is 290 g/mol. The summed E-state index contributed by atoms with van der Waals surface area (Å²) < 4.78 is 5.22. The van der Waals surface area contributed by atoms with Gasteiger partial charge in [0.25, 0.3) is 0 Å². The number of aromatic nitrogens is 2. The van der Waals surface area contributed by atoms with E-state index in [1.165, 1.54) is 6.07 Å². The number of benzene rings is 1. The van der Waals surface area contributed by atoms with Gasteiger partial charge < -0.3 is 20.5 Å². The van der Waals surface area contributed by atoms with E-state index in [1.807, 2.05) is 0 Å². The molecular formula is C10H10BrN3O3. The summed E-state index contributed by atoms with van der Waals surface area (Å²) in [7, 11) is 0. The van der Waals surface area contributed by atoms with Crippen LogP contribution in [0.15, 0.2) is 15.1 Å². The highest BCUT2D eigenvalue weighted by atomic mass is 79.9. The molecule has 90 valence electrons. The van der Waals surface area contributed by atoms with Crippen LogP contribution < -0.4 is 5.73 Å². The van der Waals surface area contributed by atoms with Gasteiger partial charge in [-0.3, -0.25) is 0 Å². The monoisotopic (exact) mass is 299 g/mol. The van der Waals surface area contributed by atoms with Gasteiger partial charge in [0.05, 0.1) is 11.0 Å². The molecule has 0 saturated heterocycles. The van der Waals surface area contributed by atoms with Gasteiger partial charge in [-0.1, -0.05) is 5.16 Å². The summed E-state index contributed by atoms with van der Waals surface area (Å²) in [5, 5.41) is 22.8. The van der Waals surface area contributed by atoms with Crippen molar-refractivity contribution in [2.24, 2.45) is 5.73 Å². The molecule has 1 aromatic carbocycles. The van der Waals surface area contributed by atoms with Gasteiger partial charge in [-0.25, -0.2) is 0 Å². The molecule has 0 aliphatic heterocycles. The molecule has 4 N–H and O–H groups in total. The Hall–Kier alpha value is -1.60. The maximum Gasteiger partial charge on any atom is 0.240 e. The third-order valence-corrected chi connectivity index (χ3v) is 3.06. The Morgan fingerprint density at radius 1 is 1.47 bits per heavy atom. The van der Waals surface area contributed by atoms with Crippen molar-refractivity contribution in [3.05, 3.63) is 22.0 Å². The van der Waals surface area contributed by atoms with E-state index >= 15 is 0 Å². The standard InChI is InChI=1S/C10H10BrN3O3/c1-4-2-5(15)9(16)8(11)7(4)10-13-6(3-12)17-14-10/h2,15-16H,3,12H2,1H3. The SMILES string of the molecule is Cc1cc(O)c(O)c(Br)c1-c1noc(CN)n1. The van der Waals surface area contributed by atoms with E-state index in [-0.39, 0.29) is 18.0 Å². The quantitative estimate of drug-likeness (QED) is 0.729. The van der Waals surface area contributed by atoms with E-state index in [4.69, 9.17) is 10.3 Å². The van der Waals surface area contributed by atoms with Crippen molar-refractivity contribution >= 4 is 15.9 Å². The molecule has 0 spiro atoms. The van der Waals surface area contributed by atoms with Crippen LogP contribution in [0.2, 0.25) is 0 Å². The van der Waals surface area contributed by atoms with Gasteiger partial charge in [-0.15, -0.1) is 0 Å². The molecule has 0 radical (unpaired) electrons. The number of aryl methyl sites for hydroxylation is 1. The summed E-state index contributed by atoms with van der Waals surface area (Å²) in [5.74, 6) is 0.148. The molecule has 2 rings (SSSR count). The number of nitrogens with two attached hydrogens (primary N) is 1. The van der Waals surface area contributed by atoms with Gasteiger partial charge in [0.15, 0.2) is 11.5 Å². The van der Waals surface area contributed by atoms with Crippen molar-refractivity contribution < 1.29 is 14.7 Å². The minimum Gasteiger partial charge on any atom is -0.504 e. The number of phenols is 2. The zero-order valence-electron chi connectivity index (χ0n) is 8.94. The van der Waals surface area contributed by atoms with Crippen molar-refractivity contribution in [2.45, 2.75) is 13.5 Å². The second-order valence-electron chi connectivity index (χ2n) is 3.47. The highest BCUT2D eigenvalue weighted by molar-refractivity contribution is 9.10. The van der Waals surface area contributed by atoms with Crippen LogP contribution in [0.3, 0.4) is 0 Å². The number of phenolic OH excluding ortho intramolecular Hbond substituents is 2. The Morgan fingerprint density at radius 3 is 2.76 bits per heavy atom. The second kappa shape index (κ2) is 4.34. The Morgan fingerprint density at radius 2 is 2.18 bits per heavy atom. The lowest BCUT2D eigenvalue weighted by Crippen LogP contribution is -1.96. The molecule has 1 heterocycles. The van der Waals surface area contributed by atoms with Gasteiger partial charge in [0.1, 0.15) is 0 Å². The van der Waals surface area contributed by atoms with Crippen molar-refractivity contribution in [1.82, 2.24) is 10.1 Å². The van der Waals surface area contributed by atoms with Crippen molar-refractivity contribution in [2.75, 3.05) is 0 Å². The van der Waals surface area contributed by atoms with Gasteiger partial charge >= 0.3 is 0 Å². The van der Waals surface area contributed by atoms with Crippen LogP contribution in [0.5, 0.6) is 11.5 Å². The maximum atomic E-state index is 9.63. The zero-order chi connectivity index (χ0) is 12.6. The van der Waals surface area contributed by atoms with Crippen LogP contribution in [0, 0.1) is 6.92 Å². The van der Waals surface area contributed by atoms with E-state index < -0.39 is 0 Å². The van der Waals surface area contributed by atoms with E-state index in [0.29, 0.717) is 27.3 Å². The second-order valence-corrected chi connectivity index (χ2v) is 4.26. The normalized spacial score (nSPS) is 10.8. The average Bonchev–Trinajstić information content (AvgIpc) is 2.74. The lowest BCUT2D eigenvalue weighted by atomic mass is 10.1. The highest BCUT2D eigenvalue weighted by Gasteiger charge is 2.19. The van der Waals surface area contributed by atoms with Crippen LogP contribution in [0.1, 0.15) is 11.5 Å². The summed E-state index contributed by atoms with van der Waals surface area (Å²) in [5.41, 5.74) is 6.64. The number of hydrogen-bond donors (Lipinski definition) is 3. The summed E-state index contributed by atoms with van der Waals surface area (Å²) in [6.45, 7) is 1.91. The fraction of sp³-hybridized carbons (Fsp3) is 0.200. The molecule has 2 aromatic rings. The van der Waals surface area contributed by atoms with Gasteiger partial charge in [-0.05, 0) is 34.5 Å². The highest BCUT2D eigenvalue weighted by Crippen LogP contribution is 2.42. The Kier molecular flexibility index (Phi) is 3.03. The maximum absolute atomic E-state index is 9.63. The van der Waals surface area contributed by atoms with Crippen LogP contribution in [-0.2, 0) is 6.54 Å².